The molecule has 0 aliphatic heterocycles. The van der Waals surface area contributed by atoms with Gasteiger partial charge in [-0.15, -0.1) is 0 Å². The van der Waals surface area contributed by atoms with Crippen molar-refractivity contribution in [2.24, 2.45) is 5.92 Å². The van der Waals surface area contributed by atoms with Gasteiger partial charge in [0.05, 0.1) is 6.61 Å². The van der Waals surface area contributed by atoms with Crippen molar-refractivity contribution in [3.8, 4) is 0 Å². The minimum Gasteiger partial charge on any atom is -0.412 e. The largest absolute Gasteiger partial charge is 0.412 e. The maximum Gasteiger partial charge on any atom is 0.241 e. The van der Waals surface area contributed by atoms with Gasteiger partial charge in [0.2, 0.25) is 5.69 Å². The molecule has 7 heteroatoms. The average Bonchev–Trinajstić information content (AvgIpc) is 2.03. The molecule has 0 heterocycles. The summed E-state index contributed by atoms with van der Waals surface area (Å²) in [5.41, 5.74) is -2.74. The molecule has 0 fully saturated rings. The first-order valence-electron chi connectivity index (χ1n) is 4.69. The van der Waals surface area contributed by atoms with E-state index in [0.29, 0.717) is 12.5 Å². The van der Waals surface area contributed by atoms with Gasteiger partial charge < -0.3 is 14.9 Å². The molecule has 0 aliphatic carbocycles. The van der Waals surface area contributed by atoms with Crippen LogP contribution in [0.4, 0.5) is 0 Å². The van der Waals surface area contributed by atoms with Crippen LogP contribution in [0.2, 0.25) is 0 Å². The predicted octanol–water partition coefficient (Wildman–Crippen LogP) is 2.54. The zero-order chi connectivity index (χ0) is 10.3. The van der Waals surface area contributed by atoms with Crippen LogP contribution in [-0.4, -0.2) is 17.0 Å². The smallest absolute Gasteiger partial charge is 0.241 e. The molecule has 0 aliphatic rings. The molecule has 2 atom stereocenters. The summed E-state index contributed by atoms with van der Waals surface area (Å²) in [7, 11) is 0. The fraction of sp³-hybridized carbons (Fsp3) is 1.00. The molecule has 0 aromatic heterocycles. The van der Waals surface area contributed by atoms with E-state index in [1.165, 1.54) is 12.8 Å². The van der Waals surface area contributed by atoms with E-state index in [1.54, 1.807) is 0 Å². The third-order valence-corrected chi connectivity index (χ3v) is 3.17. The Morgan fingerprint density at radius 1 is 1.47 bits per heavy atom. The average molecular weight is 356 g/mol. The Morgan fingerprint density at radius 3 is 2.33 bits per heavy atom. The van der Waals surface area contributed by atoms with E-state index >= 15 is 0 Å². The zero-order valence-corrected chi connectivity index (χ0v) is 13.8. The third kappa shape index (κ3) is 15.6. The van der Waals surface area contributed by atoms with Crippen LogP contribution in [0.1, 0.15) is 39.5 Å². The van der Waals surface area contributed by atoms with Crippen LogP contribution in [0.15, 0.2) is 0 Å². The molecular formula is C8H21MoO3PS2. The van der Waals surface area contributed by atoms with E-state index in [4.69, 9.17) is 9.42 Å². The second-order valence-corrected chi connectivity index (χ2v) is 8.37. The van der Waals surface area contributed by atoms with Crippen molar-refractivity contribution in [1.82, 2.24) is 0 Å². The molecule has 15 heavy (non-hydrogen) atoms. The van der Waals surface area contributed by atoms with Gasteiger partial charge in [0.25, 0.3) is 0 Å². The number of thiol groups is 1. The summed E-state index contributed by atoms with van der Waals surface area (Å²) < 4.78 is 5.13. The van der Waals surface area contributed by atoms with Crippen molar-refractivity contribution in [1.29, 1.82) is 0 Å². The van der Waals surface area contributed by atoms with Crippen LogP contribution in [0.5, 0.6) is 0 Å². The number of unbranched alkanes of at least 4 members (excludes halogenated alkanes) is 1. The molecule has 3 nitrogen and oxygen atoms in total. The molecule has 0 spiro atoms. The van der Waals surface area contributed by atoms with Gasteiger partial charge in [-0.2, -0.15) is 0 Å². The third-order valence-electron chi connectivity index (χ3n) is 2.02. The van der Waals surface area contributed by atoms with Gasteiger partial charge >= 0.3 is 0 Å². The summed E-state index contributed by atoms with van der Waals surface area (Å²) in [6.45, 7) is 4.85. The van der Waals surface area contributed by atoms with E-state index in [0.717, 1.165) is 12.8 Å². The Morgan fingerprint density at radius 2 is 2.00 bits per heavy atom. The molecule has 0 rings (SSSR count). The molecule has 94 valence electrons. The minimum atomic E-state index is -2.74. The molecule has 0 aromatic carbocycles. The first-order chi connectivity index (χ1) is 5.99. The van der Waals surface area contributed by atoms with Crippen molar-refractivity contribution < 1.29 is 36.0 Å². The van der Waals surface area contributed by atoms with Crippen LogP contribution in [0, 0.1) is 5.92 Å². The molecule has 3 N–H and O–H groups in total. The molecule has 0 bridgehead atoms. The first kappa shape index (κ1) is 21.8. The van der Waals surface area contributed by atoms with Crippen LogP contribution >= 0.6 is 17.9 Å². The Hall–Kier alpha value is 1.57. The fourth-order valence-corrected chi connectivity index (χ4v) is 1.89. The summed E-state index contributed by atoms with van der Waals surface area (Å²) in [6, 6.07) is 0. The number of hydrogen-bond donors (Lipinski definition) is 2. The van der Waals surface area contributed by atoms with Crippen molar-refractivity contribution in [3.05, 3.63) is 0 Å². The SMILES string of the molecule is CCCCC(CC)COP(O)(=S)S.O.[Mo]. The van der Waals surface area contributed by atoms with Crippen molar-refractivity contribution in [2.45, 2.75) is 39.5 Å². The molecule has 0 radical (unpaired) electrons. The Balaban J connectivity index is -0.000000720. The topological polar surface area (TPSA) is 61.0 Å². The predicted molar refractivity (Wildman–Crippen MR) is 68.4 cm³/mol. The molecule has 2 unspecified atom stereocenters. The van der Waals surface area contributed by atoms with E-state index < -0.39 is 5.69 Å². The molecule has 0 aromatic rings. The zero-order valence-electron chi connectivity index (χ0n) is 9.18. The normalized spacial score (nSPS) is 15.7. The van der Waals surface area contributed by atoms with Gasteiger partial charge in [-0.3, -0.25) is 0 Å². The van der Waals surface area contributed by atoms with E-state index in [-0.39, 0.29) is 26.5 Å². The summed E-state index contributed by atoms with van der Waals surface area (Å²) >= 11 is 8.49. The molecule has 0 saturated carbocycles. The van der Waals surface area contributed by atoms with Gasteiger partial charge in [-0.25, -0.2) is 0 Å². The van der Waals surface area contributed by atoms with Gasteiger partial charge in [0.1, 0.15) is 0 Å². The van der Waals surface area contributed by atoms with Crippen LogP contribution in [0.3, 0.4) is 0 Å². The molecular weight excluding hydrogens is 335 g/mol. The standard InChI is InChI=1S/C8H19O2PS2.Mo.H2O/c1-3-5-6-8(4-2)7-10-11(9,12)13;;/h8H,3-7H2,1-2H3,(H2,9,12,13);;1H2. The maximum absolute atomic E-state index is 9.16. The second kappa shape index (κ2) is 12.0. The number of rotatable bonds is 7. The summed E-state index contributed by atoms with van der Waals surface area (Å²) in [4.78, 5) is 9.16. The maximum atomic E-state index is 9.16. The molecule has 0 amide bonds. The summed E-state index contributed by atoms with van der Waals surface area (Å²) in [6.07, 6.45) is 4.63. The summed E-state index contributed by atoms with van der Waals surface area (Å²) in [5.74, 6) is 0.515. The Bertz CT molecular complexity index is 177. The van der Waals surface area contributed by atoms with Gasteiger partial charge in [0.15, 0.2) is 0 Å². The quantitative estimate of drug-likeness (QED) is 0.419. The first-order valence-corrected chi connectivity index (χ1v) is 8.52. The van der Waals surface area contributed by atoms with Gasteiger partial charge in [-0.05, 0) is 24.1 Å². The minimum absolute atomic E-state index is 0. The monoisotopic (exact) mass is 358 g/mol. The Labute approximate surface area is 117 Å². The van der Waals surface area contributed by atoms with Crippen molar-refractivity contribution in [2.75, 3.05) is 6.61 Å². The van der Waals surface area contributed by atoms with E-state index in [2.05, 4.69) is 37.9 Å². The summed E-state index contributed by atoms with van der Waals surface area (Å²) in [5, 5.41) is 0. The van der Waals surface area contributed by atoms with Crippen LogP contribution < -0.4 is 0 Å². The van der Waals surface area contributed by atoms with Crippen LogP contribution in [0.25, 0.3) is 0 Å². The van der Waals surface area contributed by atoms with E-state index in [1.807, 2.05) is 0 Å². The Kier molecular flexibility index (Phi) is 17.5. The van der Waals surface area contributed by atoms with Crippen LogP contribution in [-0.2, 0) is 37.4 Å². The second-order valence-electron chi connectivity index (χ2n) is 3.20. The fourth-order valence-electron chi connectivity index (χ4n) is 1.10. The van der Waals surface area contributed by atoms with Crippen molar-refractivity contribution in [3.63, 3.8) is 0 Å². The van der Waals surface area contributed by atoms with Gasteiger partial charge in [-0.1, -0.05) is 45.4 Å². The van der Waals surface area contributed by atoms with Gasteiger partial charge in [0, 0.05) is 21.1 Å². The number of hydrogen-bond acceptors (Lipinski definition) is 2. The van der Waals surface area contributed by atoms with Crippen molar-refractivity contribution >= 4 is 29.7 Å². The van der Waals surface area contributed by atoms with E-state index in [9.17, 15) is 0 Å². The molecule has 0 saturated heterocycles.